The second kappa shape index (κ2) is 4.56. The number of ketones is 1. The summed E-state index contributed by atoms with van der Waals surface area (Å²) >= 11 is 0. The van der Waals surface area contributed by atoms with E-state index in [-0.39, 0.29) is 11.3 Å². The molecule has 0 fully saturated rings. The lowest BCUT2D eigenvalue weighted by Gasteiger charge is -2.37. The molecule has 0 spiro atoms. The van der Waals surface area contributed by atoms with E-state index in [0.717, 1.165) is 12.8 Å². The Balaban J connectivity index is 4.98. The van der Waals surface area contributed by atoms with E-state index in [1.165, 1.54) is 0 Å². The SMILES string of the molecule is C=C(C)C(=O)C(CC)(CC)N(C)C. The highest BCUT2D eigenvalue weighted by molar-refractivity contribution is 6.01. The van der Waals surface area contributed by atoms with Crippen molar-refractivity contribution < 1.29 is 4.79 Å². The van der Waals surface area contributed by atoms with Gasteiger partial charge in [-0.2, -0.15) is 0 Å². The van der Waals surface area contributed by atoms with Crippen LogP contribution in [-0.4, -0.2) is 30.3 Å². The van der Waals surface area contributed by atoms with Crippen LogP contribution in [0.15, 0.2) is 12.2 Å². The highest BCUT2D eigenvalue weighted by Gasteiger charge is 2.36. The minimum absolute atomic E-state index is 0.169. The Morgan fingerprint density at radius 2 is 1.69 bits per heavy atom. The van der Waals surface area contributed by atoms with Crippen LogP contribution in [-0.2, 0) is 4.79 Å². The second-order valence-corrected chi connectivity index (χ2v) is 3.74. The molecule has 0 saturated carbocycles. The second-order valence-electron chi connectivity index (χ2n) is 3.74. The van der Waals surface area contributed by atoms with Crippen LogP contribution in [0.2, 0.25) is 0 Å². The molecule has 0 heterocycles. The Hall–Kier alpha value is -0.630. The van der Waals surface area contributed by atoms with Crippen LogP contribution < -0.4 is 0 Å². The van der Waals surface area contributed by atoms with Crippen molar-refractivity contribution in [2.45, 2.75) is 39.2 Å². The van der Waals surface area contributed by atoms with Gasteiger partial charge in [-0.3, -0.25) is 9.69 Å². The molecule has 13 heavy (non-hydrogen) atoms. The zero-order valence-corrected chi connectivity index (χ0v) is 9.48. The van der Waals surface area contributed by atoms with Crippen LogP contribution in [0.4, 0.5) is 0 Å². The van der Waals surface area contributed by atoms with E-state index in [0.29, 0.717) is 5.57 Å². The molecule has 0 atom stereocenters. The Morgan fingerprint density at radius 3 is 1.77 bits per heavy atom. The fraction of sp³-hybridized carbons (Fsp3) is 0.727. The van der Waals surface area contributed by atoms with Gasteiger partial charge in [-0.1, -0.05) is 20.4 Å². The average Bonchev–Trinajstić information content (AvgIpc) is 2.06. The van der Waals surface area contributed by atoms with Crippen molar-refractivity contribution in [2.24, 2.45) is 0 Å². The number of carbonyl (C=O) groups is 1. The van der Waals surface area contributed by atoms with Gasteiger partial charge in [0.15, 0.2) is 5.78 Å². The topological polar surface area (TPSA) is 20.3 Å². The molecule has 0 saturated heterocycles. The van der Waals surface area contributed by atoms with Gasteiger partial charge in [-0.15, -0.1) is 0 Å². The van der Waals surface area contributed by atoms with Crippen LogP contribution in [0.1, 0.15) is 33.6 Å². The van der Waals surface area contributed by atoms with E-state index >= 15 is 0 Å². The number of carbonyl (C=O) groups excluding carboxylic acids is 1. The van der Waals surface area contributed by atoms with Gasteiger partial charge in [0.2, 0.25) is 0 Å². The summed E-state index contributed by atoms with van der Waals surface area (Å²) in [6.45, 7) is 9.60. The minimum Gasteiger partial charge on any atom is -0.297 e. The summed E-state index contributed by atoms with van der Waals surface area (Å²) < 4.78 is 0. The van der Waals surface area contributed by atoms with Crippen molar-refractivity contribution in [2.75, 3.05) is 14.1 Å². The molecule has 0 unspecified atom stereocenters. The minimum atomic E-state index is -0.341. The highest BCUT2D eigenvalue weighted by atomic mass is 16.1. The molecule has 0 rings (SSSR count). The Bertz CT molecular complexity index is 202. The molecular weight excluding hydrogens is 162 g/mol. The Morgan fingerprint density at radius 1 is 1.31 bits per heavy atom. The van der Waals surface area contributed by atoms with Gasteiger partial charge < -0.3 is 0 Å². The van der Waals surface area contributed by atoms with E-state index in [4.69, 9.17) is 0 Å². The highest BCUT2D eigenvalue weighted by Crippen LogP contribution is 2.25. The smallest absolute Gasteiger partial charge is 0.178 e. The molecule has 0 aliphatic carbocycles. The summed E-state index contributed by atoms with van der Waals surface area (Å²) in [7, 11) is 3.90. The standard InChI is InChI=1S/C11H21NO/c1-7-11(8-2,12(5)6)10(13)9(3)4/h3,7-8H2,1-2,4-6H3. The summed E-state index contributed by atoms with van der Waals surface area (Å²) in [6, 6.07) is 0. The molecule has 76 valence electrons. The molecule has 0 aromatic rings. The van der Waals surface area contributed by atoms with Gasteiger partial charge in [0.05, 0.1) is 5.54 Å². The van der Waals surface area contributed by atoms with Gasteiger partial charge in [0.25, 0.3) is 0 Å². The van der Waals surface area contributed by atoms with E-state index in [1.807, 2.05) is 32.8 Å². The molecule has 0 bridgehead atoms. The zero-order chi connectivity index (χ0) is 10.6. The fourth-order valence-electron chi connectivity index (χ4n) is 1.80. The number of hydrogen-bond donors (Lipinski definition) is 0. The average molecular weight is 183 g/mol. The molecular formula is C11H21NO. The molecule has 0 aliphatic heterocycles. The molecule has 0 radical (unpaired) electrons. The zero-order valence-electron chi connectivity index (χ0n) is 9.48. The fourth-order valence-corrected chi connectivity index (χ4v) is 1.80. The first-order valence-electron chi connectivity index (χ1n) is 4.80. The normalized spacial score (nSPS) is 11.8. The number of nitrogens with zero attached hydrogens (tertiary/aromatic N) is 1. The van der Waals surface area contributed by atoms with Crippen LogP contribution in [0, 0.1) is 0 Å². The van der Waals surface area contributed by atoms with Crippen molar-refractivity contribution in [1.29, 1.82) is 0 Å². The molecule has 2 heteroatoms. The molecule has 2 nitrogen and oxygen atoms in total. The predicted molar refractivity (Wildman–Crippen MR) is 56.8 cm³/mol. The maximum absolute atomic E-state index is 11.9. The third-order valence-corrected chi connectivity index (χ3v) is 2.84. The first-order chi connectivity index (χ1) is 5.92. The first-order valence-corrected chi connectivity index (χ1v) is 4.80. The van der Waals surface area contributed by atoms with Crippen LogP contribution in [0.3, 0.4) is 0 Å². The predicted octanol–water partition coefficient (Wildman–Crippen LogP) is 2.25. The largest absolute Gasteiger partial charge is 0.297 e. The van der Waals surface area contributed by atoms with Crippen molar-refractivity contribution in [1.82, 2.24) is 4.90 Å². The number of Topliss-reactive ketones (excluding diaryl/α,β-unsaturated/α-hetero) is 1. The van der Waals surface area contributed by atoms with Gasteiger partial charge in [0.1, 0.15) is 0 Å². The lowest BCUT2D eigenvalue weighted by molar-refractivity contribution is -0.126. The van der Waals surface area contributed by atoms with Crippen molar-refractivity contribution >= 4 is 5.78 Å². The maximum atomic E-state index is 11.9. The summed E-state index contributed by atoms with van der Waals surface area (Å²) in [4.78, 5) is 13.9. The maximum Gasteiger partial charge on any atom is 0.178 e. The van der Waals surface area contributed by atoms with Crippen LogP contribution >= 0.6 is 0 Å². The van der Waals surface area contributed by atoms with Gasteiger partial charge >= 0.3 is 0 Å². The molecule has 0 N–H and O–H groups in total. The third kappa shape index (κ3) is 2.19. The van der Waals surface area contributed by atoms with Crippen molar-refractivity contribution in [3.8, 4) is 0 Å². The van der Waals surface area contributed by atoms with Crippen LogP contribution in [0.25, 0.3) is 0 Å². The van der Waals surface area contributed by atoms with E-state index in [9.17, 15) is 4.79 Å². The third-order valence-electron chi connectivity index (χ3n) is 2.84. The molecule has 0 aromatic heterocycles. The summed E-state index contributed by atoms with van der Waals surface area (Å²) in [5, 5.41) is 0. The first kappa shape index (κ1) is 12.4. The van der Waals surface area contributed by atoms with Crippen LogP contribution in [0.5, 0.6) is 0 Å². The Labute approximate surface area is 81.6 Å². The summed E-state index contributed by atoms with van der Waals surface area (Å²) in [5.74, 6) is 0.169. The van der Waals surface area contributed by atoms with Crippen molar-refractivity contribution in [3.05, 3.63) is 12.2 Å². The monoisotopic (exact) mass is 183 g/mol. The quantitative estimate of drug-likeness (QED) is 0.609. The molecule has 0 amide bonds. The molecule has 0 aliphatic rings. The van der Waals surface area contributed by atoms with Gasteiger partial charge in [-0.05, 0) is 39.4 Å². The van der Waals surface area contributed by atoms with Gasteiger partial charge in [0, 0.05) is 0 Å². The summed E-state index contributed by atoms with van der Waals surface area (Å²) in [5.41, 5.74) is 0.309. The lowest BCUT2D eigenvalue weighted by atomic mass is 9.84. The Kier molecular flexibility index (Phi) is 4.34. The van der Waals surface area contributed by atoms with E-state index in [1.54, 1.807) is 6.92 Å². The number of likely N-dealkylation sites (N-methyl/N-ethyl adjacent to an activating group) is 1. The molecule has 0 aromatic carbocycles. The number of hydrogen-bond acceptors (Lipinski definition) is 2. The van der Waals surface area contributed by atoms with Crippen molar-refractivity contribution in [3.63, 3.8) is 0 Å². The van der Waals surface area contributed by atoms with E-state index < -0.39 is 0 Å². The lowest BCUT2D eigenvalue weighted by Crippen LogP contribution is -2.50. The number of rotatable bonds is 5. The van der Waals surface area contributed by atoms with Gasteiger partial charge in [-0.25, -0.2) is 0 Å². The van der Waals surface area contributed by atoms with E-state index in [2.05, 4.69) is 6.58 Å². The summed E-state index contributed by atoms with van der Waals surface area (Å²) in [6.07, 6.45) is 1.67.